The van der Waals surface area contributed by atoms with Gasteiger partial charge in [0.2, 0.25) is 0 Å². The first-order chi connectivity index (χ1) is 5.40. The van der Waals surface area contributed by atoms with Crippen LogP contribution in [0.5, 0.6) is 0 Å². The minimum Gasteiger partial charge on any atom is -0.396 e. The fourth-order valence-electron chi connectivity index (χ4n) is 2.28. The monoisotopic (exact) mass is 170 g/mol. The quantitative estimate of drug-likeness (QED) is 0.641. The van der Waals surface area contributed by atoms with Crippen LogP contribution in [0.25, 0.3) is 0 Å². The van der Waals surface area contributed by atoms with Crippen LogP contribution in [0.4, 0.5) is 0 Å². The Balaban J connectivity index is 2.65. The zero-order valence-electron chi connectivity index (χ0n) is 8.85. The van der Waals surface area contributed by atoms with E-state index in [2.05, 4.69) is 27.7 Å². The van der Waals surface area contributed by atoms with E-state index in [4.69, 9.17) is 0 Å². The molecule has 0 saturated heterocycles. The lowest BCUT2D eigenvalue weighted by molar-refractivity contribution is 0.00382. The van der Waals surface area contributed by atoms with Crippen molar-refractivity contribution in [2.24, 2.45) is 16.7 Å². The molecule has 1 saturated carbocycles. The third-order valence-corrected chi connectivity index (χ3v) is 3.78. The van der Waals surface area contributed by atoms with E-state index in [9.17, 15) is 5.11 Å². The highest BCUT2D eigenvalue weighted by Gasteiger charge is 2.39. The van der Waals surface area contributed by atoms with Crippen LogP contribution in [0.3, 0.4) is 0 Å². The number of rotatable bonds is 1. The van der Waals surface area contributed by atoms with Crippen molar-refractivity contribution >= 4 is 0 Å². The van der Waals surface area contributed by atoms with Gasteiger partial charge in [-0.1, -0.05) is 27.7 Å². The van der Waals surface area contributed by atoms with Crippen molar-refractivity contribution in [3.8, 4) is 0 Å². The van der Waals surface area contributed by atoms with E-state index in [1.54, 1.807) is 0 Å². The highest BCUT2D eigenvalue weighted by molar-refractivity contribution is 4.90. The molecular formula is C11H22O. The summed E-state index contributed by atoms with van der Waals surface area (Å²) in [6.07, 6.45) is 3.69. The molecule has 0 aliphatic heterocycles. The lowest BCUT2D eigenvalue weighted by Gasteiger charge is -2.45. The number of hydrogen-bond donors (Lipinski definition) is 1. The Morgan fingerprint density at radius 2 is 1.83 bits per heavy atom. The average molecular weight is 170 g/mol. The van der Waals surface area contributed by atoms with Gasteiger partial charge in [-0.25, -0.2) is 0 Å². The van der Waals surface area contributed by atoms with E-state index in [1.807, 2.05) is 0 Å². The molecule has 0 aromatic rings. The van der Waals surface area contributed by atoms with E-state index >= 15 is 0 Å². The second-order valence-electron chi connectivity index (χ2n) is 5.58. The van der Waals surface area contributed by atoms with Gasteiger partial charge in [0.25, 0.3) is 0 Å². The first kappa shape index (κ1) is 10.0. The van der Waals surface area contributed by atoms with E-state index in [0.717, 1.165) is 0 Å². The molecule has 1 fully saturated rings. The summed E-state index contributed by atoms with van der Waals surface area (Å²) in [6, 6.07) is 0. The van der Waals surface area contributed by atoms with Gasteiger partial charge in [0, 0.05) is 6.61 Å². The fourth-order valence-corrected chi connectivity index (χ4v) is 2.28. The van der Waals surface area contributed by atoms with Gasteiger partial charge >= 0.3 is 0 Å². The number of aliphatic hydroxyl groups excluding tert-OH is 1. The Morgan fingerprint density at radius 1 is 1.25 bits per heavy atom. The Bertz CT molecular complexity index is 162. The van der Waals surface area contributed by atoms with Gasteiger partial charge in [0.05, 0.1) is 0 Å². The Morgan fingerprint density at radius 3 is 2.25 bits per heavy atom. The van der Waals surface area contributed by atoms with Gasteiger partial charge in [-0.2, -0.15) is 0 Å². The molecule has 0 amide bonds. The molecule has 0 aromatic heterocycles. The smallest absolute Gasteiger partial charge is 0.0487 e. The van der Waals surface area contributed by atoms with Gasteiger partial charge in [-0.05, 0) is 36.0 Å². The topological polar surface area (TPSA) is 20.2 Å². The van der Waals surface area contributed by atoms with Gasteiger partial charge in [-0.15, -0.1) is 0 Å². The molecule has 1 nitrogen and oxygen atoms in total. The van der Waals surface area contributed by atoms with E-state index in [-0.39, 0.29) is 5.41 Å². The second kappa shape index (κ2) is 3.02. The SMILES string of the molecule is CC1CC(C)(C)CCC1(C)CO. The molecular weight excluding hydrogens is 148 g/mol. The maximum absolute atomic E-state index is 9.29. The zero-order valence-corrected chi connectivity index (χ0v) is 8.85. The first-order valence-corrected chi connectivity index (χ1v) is 5.00. The fraction of sp³-hybridized carbons (Fsp3) is 1.00. The predicted molar refractivity (Wildman–Crippen MR) is 52.0 cm³/mol. The Hall–Kier alpha value is -0.0400. The summed E-state index contributed by atoms with van der Waals surface area (Å²) in [5, 5.41) is 9.29. The zero-order chi connectivity index (χ0) is 9.41. The van der Waals surface area contributed by atoms with Gasteiger partial charge in [0.1, 0.15) is 0 Å². The molecule has 0 bridgehead atoms. The second-order valence-corrected chi connectivity index (χ2v) is 5.58. The molecule has 0 aromatic carbocycles. The van der Waals surface area contributed by atoms with Crippen LogP contribution >= 0.6 is 0 Å². The maximum atomic E-state index is 9.29. The van der Waals surface area contributed by atoms with Gasteiger partial charge < -0.3 is 5.11 Å². The van der Waals surface area contributed by atoms with Crippen molar-refractivity contribution in [3.63, 3.8) is 0 Å². The molecule has 1 aliphatic rings. The average Bonchev–Trinajstić information content (AvgIpc) is 1.97. The minimum atomic E-state index is 0.190. The van der Waals surface area contributed by atoms with Gasteiger partial charge in [0.15, 0.2) is 0 Å². The van der Waals surface area contributed by atoms with Gasteiger partial charge in [-0.3, -0.25) is 0 Å². The Kier molecular flexibility index (Phi) is 2.53. The van der Waals surface area contributed by atoms with E-state index in [0.29, 0.717) is 17.9 Å². The van der Waals surface area contributed by atoms with Crippen LogP contribution in [-0.2, 0) is 0 Å². The highest BCUT2D eigenvalue weighted by atomic mass is 16.3. The summed E-state index contributed by atoms with van der Waals surface area (Å²) in [4.78, 5) is 0. The van der Waals surface area contributed by atoms with Crippen molar-refractivity contribution in [2.75, 3.05) is 6.61 Å². The third-order valence-electron chi connectivity index (χ3n) is 3.78. The summed E-state index contributed by atoms with van der Waals surface area (Å²) in [7, 11) is 0. The standard InChI is InChI=1S/C11H22O/c1-9-7-10(2,3)5-6-11(9,4)8-12/h9,12H,5-8H2,1-4H3. The normalized spacial score (nSPS) is 41.2. The van der Waals surface area contributed by atoms with E-state index < -0.39 is 0 Å². The van der Waals surface area contributed by atoms with Crippen LogP contribution in [0.1, 0.15) is 47.0 Å². The molecule has 1 rings (SSSR count). The van der Waals surface area contributed by atoms with Crippen molar-refractivity contribution < 1.29 is 5.11 Å². The van der Waals surface area contributed by atoms with Crippen LogP contribution in [0, 0.1) is 16.7 Å². The molecule has 1 aliphatic carbocycles. The minimum absolute atomic E-state index is 0.190. The van der Waals surface area contributed by atoms with Crippen molar-refractivity contribution in [1.29, 1.82) is 0 Å². The van der Waals surface area contributed by atoms with Crippen molar-refractivity contribution in [1.82, 2.24) is 0 Å². The van der Waals surface area contributed by atoms with Crippen molar-refractivity contribution in [2.45, 2.75) is 47.0 Å². The highest BCUT2D eigenvalue weighted by Crippen LogP contribution is 2.48. The van der Waals surface area contributed by atoms with Crippen LogP contribution in [-0.4, -0.2) is 11.7 Å². The number of hydrogen-bond acceptors (Lipinski definition) is 1. The van der Waals surface area contributed by atoms with E-state index in [1.165, 1.54) is 19.3 Å². The predicted octanol–water partition coefficient (Wildman–Crippen LogP) is 2.83. The summed E-state index contributed by atoms with van der Waals surface area (Å²) in [6.45, 7) is 9.51. The van der Waals surface area contributed by atoms with Crippen LogP contribution in [0.2, 0.25) is 0 Å². The van der Waals surface area contributed by atoms with Crippen LogP contribution in [0.15, 0.2) is 0 Å². The maximum Gasteiger partial charge on any atom is 0.0487 e. The van der Waals surface area contributed by atoms with Crippen molar-refractivity contribution in [3.05, 3.63) is 0 Å². The molecule has 0 radical (unpaired) electrons. The molecule has 12 heavy (non-hydrogen) atoms. The summed E-state index contributed by atoms with van der Waals surface area (Å²) < 4.78 is 0. The summed E-state index contributed by atoms with van der Waals surface area (Å²) >= 11 is 0. The molecule has 1 N–H and O–H groups in total. The molecule has 0 heterocycles. The summed E-state index contributed by atoms with van der Waals surface area (Å²) in [5.74, 6) is 0.659. The summed E-state index contributed by atoms with van der Waals surface area (Å²) in [5.41, 5.74) is 0.684. The largest absolute Gasteiger partial charge is 0.396 e. The lowest BCUT2D eigenvalue weighted by Crippen LogP contribution is -2.38. The molecule has 1 heteroatoms. The number of aliphatic hydroxyl groups is 1. The first-order valence-electron chi connectivity index (χ1n) is 5.00. The Labute approximate surface area is 76.2 Å². The lowest BCUT2D eigenvalue weighted by atomic mass is 9.61. The third kappa shape index (κ3) is 1.82. The molecule has 2 unspecified atom stereocenters. The molecule has 0 spiro atoms. The van der Waals surface area contributed by atoms with Crippen LogP contribution < -0.4 is 0 Å². The molecule has 2 atom stereocenters. The molecule has 72 valence electrons.